The van der Waals surface area contributed by atoms with E-state index >= 15 is 0 Å². The molecule has 0 unspecified atom stereocenters. The average Bonchev–Trinajstić information content (AvgIpc) is 3.50. The molecule has 7 nitrogen and oxygen atoms in total. The van der Waals surface area contributed by atoms with Gasteiger partial charge in [0, 0.05) is 58.9 Å². The number of halogens is 2. The molecule has 1 aromatic heterocycles. The molecule has 0 spiro atoms. The fraction of sp³-hybridized carbons (Fsp3) is 0.517. The molecule has 7 rings (SSSR count). The fourth-order valence-electron chi connectivity index (χ4n) is 6.82. The summed E-state index contributed by atoms with van der Waals surface area (Å²) in [7, 11) is 2.18. The molecule has 4 aliphatic rings. The van der Waals surface area contributed by atoms with Crippen molar-refractivity contribution in [3.05, 3.63) is 51.1 Å². The smallest absolute Gasteiger partial charge is 0.318 e. The first kappa shape index (κ1) is 24.9. The summed E-state index contributed by atoms with van der Waals surface area (Å²) in [5.41, 5.74) is 3.50. The largest absolute Gasteiger partial charge is 0.462 e. The van der Waals surface area contributed by atoms with Crippen molar-refractivity contribution in [2.45, 2.75) is 56.8 Å². The summed E-state index contributed by atoms with van der Waals surface area (Å²) in [6.45, 7) is 5.39. The van der Waals surface area contributed by atoms with Crippen molar-refractivity contribution in [1.29, 1.82) is 0 Å². The monoisotopic (exact) mass is 596 g/mol. The Morgan fingerprint density at radius 1 is 1.05 bits per heavy atom. The van der Waals surface area contributed by atoms with Crippen LogP contribution in [0.1, 0.15) is 36.9 Å². The standard InChI is InChI=1S/C29H34BrClN6O/c1-35-12-3-4-20(35)17-38-29-33-25-16-36(26-10-9-23(30)21-5-2-6-24(31)27(21)26)13-11-22(25)28(34-29)37-14-18-7-8-19(15-37)32-18/h2,5-6,9-10,18-20,32H,3-4,7-8,11-17H2,1H3/t18-,19+,20-/m0/s1. The number of nitrogens with one attached hydrogen (secondary N) is 1. The second-order valence-corrected chi connectivity index (χ2v) is 12.5. The van der Waals surface area contributed by atoms with E-state index in [1.54, 1.807) is 0 Å². The highest BCUT2D eigenvalue weighted by Gasteiger charge is 2.35. The van der Waals surface area contributed by atoms with Crippen LogP contribution in [0.5, 0.6) is 6.01 Å². The molecule has 2 bridgehead atoms. The molecule has 3 atom stereocenters. The number of aromatic nitrogens is 2. The Hall–Kier alpha value is -2.13. The van der Waals surface area contributed by atoms with Gasteiger partial charge in [-0.25, -0.2) is 0 Å². The van der Waals surface area contributed by atoms with E-state index in [1.807, 2.05) is 12.1 Å². The number of hydrogen-bond donors (Lipinski definition) is 1. The summed E-state index contributed by atoms with van der Waals surface area (Å²) in [5.74, 6) is 1.08. The third-order valence-electron chi connectivity index (χ3n) is 8.87. The lowest BCUT2D eigenvalue weighted by molar-refractivity contribution is 0.187. The van der Waals surface area contributed by atoms with Crippen molar-refractivity contribution >= 4 is 49.8 Å². The van der Waals surface area contributed by atoms with E-state index in [1.165, 1.54) is 31.2 Å². The van der Waals surface area contributed by atoms with Crippen molar-refractivity contribution in [2.24, 2.45) is 0 Å². The summed E-state index contributed by atoms with van der Waals surface area (Å²) in [4.78, 5) is 17.4. The van der Waals surface area contributed by atoms with Crippen LogP contribution in [0.3, 0.4) is 0 Å². The molecule has 2 aromatic carbocycles. The Balaban J connectivity index is 1.24. The molecule has 0 amide bonds. The topological polar surface area (TPSA) is 56.8 Å². The first-order chi connectivity index (χ1) is 18.5. The van der Waals surface area contributed by atoms with Gasteiger partial charge in [0.1, 0.15) is 12.4 Å². The Morgan fingerprint density at radius 3 is 2.68 bits per heavy atom. The van der Waals surface area contributed by atoms with Crippen molar-refractivity contribution in [2.75, 3.05) is 49.6 Å². The van der Waals surface area contributed by atoms with Gasteiger partial charge in [0.2, 0.25) is 0 Å². The molecule has 0 aliphatic carbocycles. The Morgan fingerprint density at radius 2 is 1.89 bits per heavy atom. The molecule has 5 heterocycles. The van der Waals surface area contributed by atoms with E-state index in [0.29, 0.717) is 37.3 Å². The summed E-state index contributed by atoms with van der Waals surface area (Å²) in [5, 5.41) is 6.75. The van der Waals surface area contributed by atoms with Crippen LogP contribution in [0.25, 0.3) is 10.8 Å². The maximum Gasteiger partial charge on any atom is 0.318 e. The van der Waals surface area contributed by atoms with Gasteiger partial charge in [0.15, 0.2) is 0 Å². The van der Waals surface area contributed by atoms with Crippen LogP contribution in [-0.4, -0.2) is 72.8 Å². The number of likely N-dealkylation sites (N-methyl/N-ethyl adjacent to an activating group) is 1. The molecule has 3 fully saturated rings. The van der Waals surface area contributed by atoms with Crippen LogP contribution in [-0.2, 0) is 13.0 Å². The zero-order chi connectivity index (χ0) is 25.8. The minimum absolute atomic E-state index is 0.431. The van der Waals surface area contributed by atoms with Gasteiger partial charge in [0.05, 0.1) is 17.3 Å². The number of benzene rings is 2. The molecular formula is C29H34BrClN6O. The molecule has 3 aromatic rings. The van der Waals surface area contributed by atoms with Crippen molar-refractivity contribution in [3.63, 3.8) is 0 Å². The first-order valence-corrected chi connectivity index (χ1v) is 15.1. The fourth-order valence-corrected chi connectivity index (χ4v) is 7.56. The SMILES string of the molecule is CN1CCC[C@H]1COc1nc2c(c(N3C[C@H]4CC[C@@H](C3)N4)n1)CCN(c1ccc(Br)c3cccc(Cl)c13)C2. The molecule has 0 radical (unpaired) electrons. The van der Waals surface area contributed by atoms with E-state index in [4.69, 9.17) is 26.3 Å². The Kier molecular flexibility index (Phi) is 6.63. The van der Waals surface area contributed by atoms with Crippen LogP contribution in [0.4, 0.5) is 11.5 Å². The predicted octanol–water partition coefficient (Wildman–Crippen LogP) is 5.02. The van der Waals surface area contributed by atoms with Crippen LogP contribution in [0, 0.1) is 0 Å². The molecule has 38 heavy (non-hydrogen) atoms. The van der Waals surface area contributed by atoms with Gasteiger partial charge in [-0.2, -0.15) is 9.97 Å². The Bertz CT molecular complexity index is 1360. The van der Waals surface area contributed by atoms with E-state index in [-0.39, 0.29) is 0 Å². The van der Waals surface area contributed by atoms with Gasteiger partial charge >= 0.3 is 6.01 Å². The summed E-state index contributed by atoms with van der Waals surface area (Å²) < 4.78 is 7.38. The van der Waals surface area contributed by atoms with Crippen molar-refractivity contribution < 1.29 is 4.74 Å². The minimum Gasteiger partial charge on any atom is -0.462 e. The molecule has 9 heteroatoms. The number of anilines is 2. The highest BCUT2D eigenvalue weighted by Crippen LogP contribution is 2.40. The van der Waals surface area contributed by atoms with Crippen LogP contribution in [0.15, 0.2) is 34.8 Å². The van der Waals surface area contributed by atoms with E-state index < -0.39 is 0 Å². The number of piperazine rings is 1. The maximum atomic E-state index is 6.74. The van der Waals surface area contributed by atoms with Gasteiger partial charge in [0.25, 0.3) is 0 Å². The second-order valence-electron chi connectivity index (χ2n) is 11.3. The third kappa shape index (κ3) is 4.53. The van der Waals surface area contributed by atoms with Gasteiger partial charge in [-0.05, 0) is 69.3 Å². The lowest BCUT2D eigenvalue weighted by atomic mass is 10.0. The van der Waals surface area contributed by atoms with Crippen LogP contribution < -0.4 is 19.9 Å². The average molecular weight is 598 g/mol. The van der Waals surface area contributed by atoms with E-state index in [0.717, 1.165) is 70.1 Å². The summed E-state index contributed by atoms with van der Waals surface area (Å²) >= 11 is 10.5. The van der Waals surface area contributed by atoms with E-state index in [9.17, 15) is 0 Å². The number of nitrogens with zero attached hydrogens (tertiary/aromatic N) is 5. The second kappa shape index (κ2) is 10.1. The molecule has 200 valence electrons. The number of likely N-dealkylation sites (tertiary alicyclic amines) is 1. The number of ether oxygens (including phenoxy) is 1. The quantitative estimate of drug-likeness (QED) is 0.443. The number of hydrogen-bond acceptors (Lipinski definition) is 7. The van der Waals surface area contributed by atoms with E-state index in [2.05, 4.69) is 61.2 Å². The predicted molar refractivity (Wildman–Crippen MR) is 157 cm³/mol. The van der Waals surface area contributed by atoms with Gasteiger partial charge in [-0.1, -0.05) is 39.7 Å². The Labute approximate surface area is 237 Å². The minimum atomic E-state index is 0.431. The lowest BCUT2D eigenvalue weighted by Crippen LogP contribution is -2.52. The molecule has 1 N–H and O–H groups in total. The van der Waals surface area contributed by atoms with Gasteiger partial charge in [-0.15, -0.1) is 0 Å². The summed E-state index contributed by atoms with van der Waals surface area (Å²) in [6, 6.07) is 12.5. The zero-order valence-corrected chi connectivity index (χ0v) is 24.1. The molecule has 4 aliphatic heterocycles. The zero-order valence-electron chi connectivity index (χ0n) is 21.8. The van der Waals surface area contributed by atoms with Crippen LogP contribution >= 0.6 is 27.5 Å². The van der Waals surface area contributed by atoms with Crippen LogP contribution in [0.2, 0.25) is 5.02 Å². The number of rotatable bonds is 5. The van der Waals surface area contributed by atoms with Crippen molar-refractivity contribution in [3.8, 4) is 6.01 Å². The van der Waals surface area contributed by atoms with Gasteiger partial charge < -0.3 is 24.8 Å². The third-order valence-corrected chi connectivity index (χ3v) is 9.88. The highest BCUT2D eigenvalue weighted by atomic mass is 79.9. The molecule has 0 saturated carbocycles. The summed E-state index contributed by atoms with van der Waals surface area (Å²) in [6.07, 6.45) is 5.79. The highest BCUT2D eigenvalue weighted by molar-refractivity contribution is 9.10. The number of fused-ring (bicyclic) bond motifs is 4. The molecule has 3 saturated heterocycles. The molecular weight excluding hydrogens is 564 g/mol. The van der Waals surface area contributed by atoms with Crippen molar-refractivity contribution in [1.82, 2.24) is 20.2 Å². The first-order valence-electron chi connectivity index (χ1n) is 13.9. The lowest BCUT2D eigenvalue weighted by Gasteiger charge is -2.37. The maximum absolute atomic E-state index is 6.74. The van der Waals surface area contributed by atoms with Gasteiger partial charge in [-0.3, -0.25) is 0 Å². The normalized spacial score (nSPS) is 25.3.